The Morgan fingerprint density at radius 2 is 2.35 bits per heavy atom. The van der Waals surface area contributed by atoms with Gasteiger partial charge in [-0.1, -0.05) is 5.21 Å². The van der Waals surface area contributed by atoms with Crippen molar-refractivity contribution >= 4 is 5.91 Å². The van der Waals surface area contributed by atoms with E-state index < -0.39 is 0 Å². The summed E-state index contributed by atoms with van der Waals surface area (Å²) >= 11 is 0. The van der Waals surface area contributed by atoms with Crippen molar-refractivity contribution in [2.24, 2.45) is 11.3 Å². The smallest absolute Gasteiger partial charge is 0.273 e. The molecule has 2 aromatic heterocycles. The molecule has 4 rings (SSSR count). The molecule has 26 heavy (non-hydrogen) atoms. The summed E-state index contributed by atoms with van der Waals surface area (Å²) in [5.41, 5.74) is 0.564. The van der Waals surface area contributed by atoms with E-state index >= 15 is 0 Å². The Bertz CT molecular complexity index is 755. The predicted molar refractivity (Wildman–Crippen MR) is 96.6 cm³/mol. The number of imidazole rings is 1. The van der Waals surface area contributed by atoms with Crippen LogP contribution in [0.5, 0.6) is 0 Å². The third kappa shape index (κ3) is 3.95. The maximum atomic E-state index is 12.4. The largest absolute Gasteiger partial charge is 0.350 e. The summed E-state index contributed by atoms with van der Waals surface area (Å²) in [6, 6.07) is 0. The SMILES string of the molecule is Cc1nccn1CC1(CNC(=O)c2cn(C[C@H]3CCCNC3)nn2)CC1. The van der Waals surface area contributed by atoms with Gasteiger partial charge in [-0.3, -0.25) is 9.48 Å². The maximum absolute atomic E-state index is 12.4. The number of rotatable bonds is 7. The lowest BCUT2D eigenvalue weighted by molar-refractivity contribution is 0.0937. The number of piperidine rings is 1. The van der Waals surface area contributed by atoms with Crippen molar-refractivity contribution in [3.8, 4) is 0 Å². The predicted octanol–water partition coefficient (Wildman–Crippen LogP) is 0.993. The van der Waals surface area contributed by atoms with E-state index in [1.165, 1.54) is 12.8 Å². The average Bonchev–Trinajstić information content (AvgIpc) is 3.04. The van der Waals surface area contributed by atoms with E-state index in [-0.39, 0.29) is 11.3 Å². The minimum atomic E-state index is -0.133. The minimum Gasteiger partial charge on any atom is -0.350 e. The summed E-state index contributed by atoms with van der Waals surface area (Å²) in [5, 5.41) is 14.6. The molecule has 1 saturated heterocycles. The molecule has 1 saturated carbocycles. The Morgan fingerprint density at radius 1 is 1.46 bits per heavy atom. The Morgan fingerprint density at radius 3 is 3.04 bits per heavy atom. The molecule has 1 aliphatic carbocycles. The topological polar surface area (TPSA) is 89.7 Å². The van der Waals surface area contributed by atoms with E-state index in [4.69, 9.17) is 0 Å². The summed E-state index contributed by atoms with van der Waals surface area (Å²) < 4.78 is 3.96. The lowest BCUT2D eigenvalue weighted by Gasteiger charge is -2.22. The van der Waals surface area contributed by atoms with Crippen molar-refractivity contribution in [2.45, 2.75) is 45.7 Å². The van der Waals surface area contributed by atoms with Crippen LogP contribution in [-0.2, 0) is 13.1 Å². The van der Waals surface area contributed by atoms with Gasteiger partial charge in [0.15, 0.2) is 5.69 Å². The fourth-order valence-electron chi connectivity index (χ4n) is 3.69. The van der Waals surface area contributed by atoms with Crippen LogP contribution in [0.1, 0.15) is 42.0 Å². The summed E-state index contributed by atoms with van der Waals surface area (Å²) in [6.07, 6.45) is 10.3. The first kappa shape index (κ1) is 17.2. The van der Waals surface area contributed by atoms with Crippen LogP contribution in [0.3, 0.4) is 0 Å². The zero-order valence-corrected chi connectivity index (χ0v) is 15.3. The highest BCUT2D eigenvalue weighted by atomic mass is 16.2. The van der Waals surface area contributed by atoms with Gasteiger partial charge in [0.25, 0.3) is 5.91 Å². The van der Waals surface area contributed by atoms with E-state index in [0.717, 1.165) is 44.8 Å². The third-order valence-electron chi connectivity index (χ3n) is 5.63. The van der Waals surface area contributed by atoms with E-state index in [2.05, 4.69) is 30.5 Å². The number of carbonyl (C=O) groups excluding carboxylic acids is 1. The van der Waals surface area contributed by atoms with Crippen molar-refractivity contribution in [3.05, 3.63) is 30.1 Å². The van der Waals surface area contributed by atoms with Gasteiger partial charge in [-0.05, 0) is 51.6 Å². The van der Waals surface area contributed by atoms with E-state index in [1.807, 2.05) is 19.3 Å². The number of nitrogens with one attached hydrogen (secondary N) is 2. The van der Waals surface area contributed by atoms with Crippen LogP contribution in [0.15, 0.2) is 18.6 Å². The quantitative estimate of drug-likeness (QED) is 0.771. The Balaban J connectivity index is 1.29. The molecule has 2 fully saturated rings. The molecule has 140 valence electrons. The van der Waals surface area contributed by atoms with Crippen molar-refractivity contribution in [1.29, 1.82) is 0 Å². The molecule has 2 N–H and O–H groups in total. The second kappa shape index (κ2) is 7.19. The molecular formula is C18H27N7O. The van der Waals surface area contributed by atoms with E-state index in [9.17, 15) is 4.79 Å². The Kier molecular flexibility index (Phi) is 4.76. The van der Waals surface area contributed by atoms with Crippen LogP contribution in [-0.4, -0.2) is 50.1 Å². The highest BCUT2D eigenvalue weighted by molar-refractivity contribution is 5.91. The summed E-state index contributed by atoms with van der Waals surface area (Å²) in [7, 11) is 0. The van der Waals surface area contributed by atoms with Gasteiger partial charge in [0.2, 0.25) is 0 Å². The highest BCUT2D eigenvalue weighted by Crippen LogP contribution is 2.46. The number of hydrogen-bond acceptors (Lipinski definition) is 5. The number of nitrogens with zero attached hydrogens (tertiary/aromatic N) is 5. The van der Waals surface area contributed by atoms with Crippen molar-refractivity contribution in [3.63, 3.8) is 0 Å². The second-order valence-corrected chi connectivity index (χ2v) is 7.82. The lowest BCUT2D eigenvalue weighted by atomic mass is 10.00. The summed E-state index contributed by atoms with van der Waals surface area (Å²) in [4.78, 5) is 16.7. The van der Waals surface area contributed by atoms with Crippen molar-refractivity contribution in [1.82, 2.24) is 35.2 Å². The summed E-state index contributed by atoms with van der Waals surface area (Å²) in [6.45, 7) is 6.51. The number of aryl methyl sites for hydroxylation is 1. The maximum Gasteiger partial charge on any atom is 0.273 e. The molecule has 0 unspecified atom stereocenters. The number of hydrogen-bond donors (Lipinski definition) is 2. The van der Waals surface area contributed by atoms with Gasteiger partial charge >= 0.3 is 0 Å². The van der Waals surface area contributed by atoms with Gasteiger partial charge < -0.3 is 15.2 Å². The second-order valence-electron chi connectivity index (χ2n) is 7.82. The van der Waals surface area contributed by atoms with Crippen LogP contribution in [0.4, 0.5) is 0 Å². The standard InChI is InChI=1S/C18H27N7O/c1-14-20-7-8-24(14)13-18(4-5-18)12-21-17(26)16-11-25(23-22-16)10-15-3-2-6-19-9-15/h7-8,11,15,19H,2-6,9-10,12-13H2,1H3,(H,21,26)/t15-/m0/s1. The first-order valence-corrected chi connectivity index (χ1v) is 9.50. The van der Waals surface area contributed by atoms with Gasteiger partial charge in [-0.25, -0.2) is 4.98 Å². The van der Waals surface area contributed by atoms with Crippen LogP contribution in [0.25, 0.3) is 0 Å². The molecule has 1 aliphatic heterocycles. The van der Waals surface area contributed by atoms with Crippen LogP contribution >= 0.6 is 0 Å². The number of amides is 1. The molecule has 0 aromatic carbocycles. The number of aromatic nitrogens is 5. The molecule has 8 nitrogen and oxygen atoms in total. The first-order valence-electron chi connectivity index (χ1n) is 9.50. The van der Waals surface area contributed by atoms with Crippen LogP contribution in [0, 0.1) is 18.3 Å². The zero-order valence-electron chi connectivity index (χ0n) is 15.3. The fraction of sp³-hybridized carbons (Fsp3) is 0.667. The van der Waals surface area contributed by atoms with E-state index in [0.29, 0.717) is 18.2 Å². The zero-order chi connectivity index (χ0) is 18.0. The first-order chi connectivity index (χ1) is 12.6. The molecule has 2 aromatic rings. The average molecular weight is 357 g/mol. The fourth-order valence-corrected chi connectivity index (χ4v) is 3.69. The van der Waals surface area contributed by atoms with Gasteiger partial charge in [0.05, 0.1) is 6.20 Å². The molecular weight excluding hydrogens is 330 g/mol. The minimum absolute atomic E-state index is 0.133. The van der Waals surface area contributed by atoms with Crippen LogP contribution in [0.2, 0.25) is 0 Å². The van der Waals surface area contributed by atoms with E-state index in [1.54, 1.807) is 10.9 Å². The molecule has 0 bridgehead atoms. The van der Waals surface area contributed by atoms with Gasteiger partial charge in [-0.15, -0.1) is 5.10 Å². The molecule has 0 radical (unpaired) electrons. The third-order valence-corrected chi connectivity index (χ3v) is 5.63. The molecule has 2 aliphatic rings. The highest BCUT2D eigenvalue weighted by Gasteiger charge is 2.43. The molecule has 8 heteroatoms. The summed E-state index contributed by atoms with van der Waals surface area (Å²) in [5.74, 6) is 1.45. The molecule has 3 heterocycles. The molecule has 1 amide bonds. The Hall–Kier alpha value is -2.22. The normalized spacial score (nSPS) is 21.5. The number of carbonyl (C=O) groups is 1. The van der Waals surface area contributed by atoms with Gasteiger partial charge in [0.1, 0.15) is 5.82 Å². The van der Waals surface area contributed by atoms with Gasteiger partial charge in [-0.2, -0.15) is 0 Å². The monoisotopic (exact) mass is 357 g/mol. The lowest BCUT2D eigenvalue weighted by Crippen LogP contribution is -2.33. The van der Waals surface area contributed by atoms with Crippen molar-refractivity contribution < 1.29 is 4.79 Å². The Labute approximate surface area is 153 Å². The molecule has 1 atom stereocenters. The van der Waals surface area contributed by atoms with Crippen molar-refractivity contribution in [2.75, 3.05) is 19.6 Å². The van der Waals surface area contributed by atoms with Crippen LogP contribution < -0.4 is 10.6 Å². The molecule has 0 spiro atoms. The van der Waals surface area contributed by atoms with Gasteiger partial charge in [0, 0.05) is 37.4 Å².